The normalized spacial score (nSPS) is 15.3. The van der Waals surface area contributed by atoms with Gasteiger partial charge in [-0.15, -0.1) is 11.8 Å². The molecule has 2 aliphatic rings. The van der Waals surface area contributed by atoms with E-state index in [2.05, 4.69) is 5.32 Å². The van der Waals surface area contributed by atoms with Crippen molar-refractivity contribution in [1.29, 1.82) is 0 Å². The van der Waals surface area contributed by atoms with Crippen molar-refractivity contribution < 1.29 is 19.1 Å². The predicted octanol–water partition coefficient (Wildman–Crippen LogP) is 2.26. The molecule has 0 aromatic heterocycles. The van der Waals surface area contributed by atoms with Gasteiger partial charge in [0.2, 0.25) is 11.8 Å². The minimum atomic E-state index is -0.164. The summed E-state index contributed by atoms with van der Waals surface area (Å²) in [6, 6.07) is 13.5. The van der Waals surface area contributed by atoms with Gasteiger partial charge in [0.15, 0.2) is 11.5 Å². The number of fused-ring (bicyclic) bond motifs is 2. The number of carbonyl (C=O) groups is 2. The van der Waals surface area contributed by atoms with E-state index in [4.69, 9.17) is 9.47 Å². The van der Waals surface area contributed by atoms with Crippen LogP contribution in [0.4, 0.5) is 5.69 Å². The van der Waals surface area contributed by atoms with Crippen LogP contribution in [0.25, 0.3) is 0 Å². The monoisotopic (exact) mass is 384 g/mol. The zero-order valence-electron chi connectivity index (χ0n) is 14.8. The zero-order chi connectivity index (χ0) is 18.6. The standard InChI is InChI=1S/C20H20N2O4S/c23-19(12-22-15-3-1-2-4-18(15)27-13-20(22)24)21-8-7-14-5-6-16-17(11-14)26-10-9-25-16/h1-6,11H,7-10,12-13H2,(H,21,23). The van der Waals surface area contributed by atoms with Gasteiger partial charge >= 0.3 is 0 Å². The summed E-state index contributed by atoms with van der Waals surface area (Å²) in [4.78, 5) is 27.1. The number of rotatable bonds is 5. The van der Waals surface area contributed by atoms with E-state index in [0.29, 0.717) is 31.9 Å². The van der Waals surface area contributed by atoms with Crippen molar-refractivity contribution in [2.75, 3.05) is 37.0 Å². The molecular formula is C20H20N2O4S. The van der Waals surface area contributed by atoms with E-state index >= 15 is 0 Å². The van der Waals surface area contributed by atoms with Crippen LogP contribution >= 0.6 is 11.8 Å². The zero-order valence-corrected chi connectivity index (χ0v) is 15.6. The van der Waals surface area contributed by atoms with Crippen LogP contribution in [-0.4, -0.2) is 43.9 Å². The van der Waals surface area contributed by atoms with Crippen LogP contribution in [0.1, 0.15) is 5.56 Å². The largest absolute Gasteiger partial charge is 0.486 e. The van der Waals surface area contributed by atoms with Gasteiger partial charge in [0.25, 0.3) is 0 Å². The molecular weight excluding hydrogens is 364 g/mol. The molecule has 0 atom stereocenters. The summed E-state index contributed by atoms with van der Waals surface area (Å²) in [6.45, 7) is 1.66. The molecule has 0 bridgehead atoms. The van der Waals surface area contributed by atoms with Gasteiger partial charge in [-0.05, 0) is 36.2 Å². The van der Waals surface area contributed by atoms with E-state index in [9.17, 15) is 9.59 Å². The molecule has 0 spiro atoms. The number of carbonyl (C=O) groups excluding carboxylic acids is 2. The second-order valence-corrected chi connectivity index (χ2v) is 7.33. The van der Waals surface area contributed by atoms with Crippen LogP contribution in [0.5, 0.6) is 11.5 Å². The number of ether oxygens (including phenoxy) is 2. The maximum Gasteiger partial charge on any atom is 0.240 e. The third-order valence-electron chi connectivity index (χ3n) is 4.45. The second-order valence-electron chi connectivity index (χ2n) is 6.31. The molecule has 0 aliphatic carbocycles. The summed E-state index contributed by atoms with van der Waals surface area (Å²) in [5.41, 5.74) is 1.87. The molecule has 7 heteroatoms. The summed E-state index contributed by atoms with van der Waals surface area (Å²) < 4.78 is 11.1. The summed E-state index contributed by atoms with van der Waals surface area (Å²) in [5, 5.41) is 2.90. The summed E-state index contributed by atoms with van der Waals surface area (Å²) in [7, 11) is 0. The van der Waals surface area contributed by atoms with E-state index < -0.39 is 0 Å². The van der Waals surface area contributed by atoms with Gasteiger partial charge in [0.05, 0.1) is 11.4 Å². The molecule has 140 valence electrons. The first kappa shape index (κ1) is 17.7. The number of hydrogen-bond donors (Lipinski definition) is 1. The number of para-hydroxylation sites is 1. The van der Waals surface area contributed by atoms with Crippen molar-refractivity contribution in [3.8, 4) is 11.5 Å². The Morgan fingerprint density at radius 3 is 2.81 bits per heavy atom. The van der Waals surface area contributed by atoms with Crippen molar-refractivity contribution >= 4 is 29.3 Å². The molecule has 2 aromatic rings. The predicted molar refractivity (Wildman–Crippen MR) is 104 cm³/mol. The highest BCUT2D eigenvalue weighted by Crippen LogP contribution is 2.34. The molecule has 4 rings (SSSR count). The number of benzene rings is 2. The van der Waals surface area contributed by atoms with Crippen molar-refractivity contribution in [2.45, 2.75) is 11.3 Å². The quantitative estimate of drug-likeness (QED) is 0.857. The Labute approximate surface area is 161 Å². The molecule has 0 fully saturated rings. The fourth-order valence-electron chi connectivity index (χ4n) is 3.12. The number of hydrogen-bond acceptors (Lipinski definition) is 5. The van der Waals surface area contributed by atoms with Gasteiger partial charge < -0.3 is 19.7 Å². The summed E-state index contributed by atoms with van der Waals surface area (Å²) in [6.07, 6.45) is 0.683. The minimum Gasteiger partial charge on any atom is -0.486 e. The highest BCUT2D eigenvalue weighted by atomic mass is 32.2. The summed E-state index contributed by atoms with van der Waals surface area (Å²) in [5.74, 6) is 1.66. The molecule has 0 saturated carbocycles. The van der Waals surface area contributed by atoms with Crippen molar-refractivity contribution in [2.24, 2.45) is 0 Å². The smallest absolute Gasteiger partial charge is 0.240 e. The maximum atomic E-state index is 12.3. The maximum absolute atomic E-state index is 12.3. The van der Waals surface area contributed by atoms with E-state index in [1.54, 1.807) is 4.90 Å². The van der Waals surface area contributed by atoms with Crippen molar-refractivity contribution in [3.63, 3.8) is 0 Å². The van der Waals surface area contributed by atoms with E-state index in [-0.39, 0.29) is 18.4 Å². The van der Waals surface area contributed by atoms with Crippen LogP contribution < -0.4 is 19.7 Å². The highest BCUT2D eigenvalue weighted by Gasteiger charge is 2.26. The molecule has 0 unspecified atom stereocenters. The van der Waals surface area contributed by atoms with Crippen molar-refractivity contribution in [1.82, 2.24) is 5.32 Å². The first-order chi connectivity index (χ1) is 13.2. The molecule has 1 N–H and O–H groups in total. The Morgan fingerprint density at radius 1 is 1.11 bits per heavy atom. The topological polar surface area (TPSA) is 67.9 Å². The molecule has 2 heterocycles. The van der Waals surface area contributed by atoms with Gasteiger partial charge in [-0.3, -0.25) is 9.59 Å². The van der Waals surface area contributed by atoms with Gasteiger partial charge in [0.1, 0.15) is 19.8 Å². The molecule has 2 aliphatic heterocycles. The first-order valence-corrected chi connectivity index (χ1v) is 9.87. The van der Waals surface area contributed by atoms with E-state index in [0.717, 1.165) is 27.6 Å². The lowest BCUT2D eigenvalue weighted by Gasteiger charge is -2.28. The van der Waals surface area contributed by atoms with E-state index in [1.165, 1.54) is 11.8 Å². The fraction of sp³-hybridized carbons (Fsp3) is 0.300. The lowest BCUT2D eigenvalue weighted by atomic mass is 10.1. The van der Waals surface area contributed by atoms with Crippen LogP contribution in [0.15, 0.2) is 47.4 Å². The Hall–Kier alpha value is -2.67. The number of thioether (sulfide) groups is 1. The molecule has 6 nitrogen and oxygen atoms in total. The van der Waals surface area contributed by atoms with Gasteiger partial charge in [-0.2, -0.15) is 0 Å². The first-order valence-electron chi connectivity index (χ1n) is 8.88. The second kappa shape index (κ2) is 7.92. The Kier molecular flexibility index (Phi) is 5.20. The Bertz CT molecular complexity index is 871. The van der Waals surface area contributed by atoms with Crippen LogP contribution in [-0.2, 0) is 16.0 Å². The summed E-state index contributed by atoms with van der Waals surface area (Å²) >= 11 is 1.51. The SMILES string of the molecule is O=C(CN1C(=O)CSc2ccccc21)NCCc1ccc2c(c1)OCCO2. The number of amides is 2. The van der Waals surface area contributed by atoms with Crippen LogP contribution in [0.3, 0.4) is 0 Å². The fourth-order valence-corrected chi connectivity index (χ4v) is 4.05. The lowest BCUT2D eigenvalue weighted by molar-refractivity contribution is -0.122. The average molecular weight is 384 g/mol. The lowest BCUT2D eigenvalue weighted by Crippen LogP contribution is -2.43. The highest BCUT2D eigenvalue weighted by molar-refractivity contribution is 8.00. The minimum absolute atomic E-state index is 0.0392. The molecule has 27 heavy (non-hydrogen) atoms. The number of anilines is 1. The Morgan fingerprint density at radius 2 is 1.93 bits per heavy atom. The third kappa shape index (κ3) is 4.03. The number of nitrogens with one attached hydrogen (secondary N) is 1. The van der Waals surface area contributed by atoms with Crippen molar-refractivity contribution in [3.05, 3.63) is 48.0 Å². The molecule has 0 radical (unpaired) electrons. The van der Waals surface area contributed by atoms with Gasteiger partial charge in [-0.25, -0.2) is 0 Å². The number of nitrogens with zero attached hydrogens (tertiary/aromatic N) is 1. The van der Waals surface area contributed by atoms with Gasteiger partial charge in [0, 0.05) is 11.4 Å². The van der Waals surface area contributed by atoms with Gasteiger partial charge in [-0.1, -0.05) is 18.2 Å². The average Bonchev–Trinajstić information content (AvgIpc) is 2.70. The van der Waals surface area contributed by atoms with Crippen LogP contribution in [0, 0.1) is 0 Å². The van der Waals surface area contributed by atoms with E-state index in [1.807, 2.05) is 42.5 Å². The Balaban J connectivity index is 1.32. The molecule has 2 aromatic carbocycles. The molecule has 0 saturated heterocycles. The third-order valence-corrected chi connectivity index (χ3v) is 5.50. The molecule has 2 amide bonds. The van der Waals surface area contributed by atoms with Crippen LogP contribution in [0.2, 0.25) is 0 Å².